The first-order valence-electron chi connectivity index (χ1n) is 9.69. The third-order valence-electron chi connectivity index (χ3n) is 4.73. The molecule has 0 spiro atoms. The van der Waals surface area contributed by atoms with Gasteiger partial charge in [-0.05, 0) is 12.8 Å². The number of hydrogen-bond acceptors (Lipinski definition) is 13. The summed E-state index contributed by atoms with van der Waals surface area (Å²) in [6.45, 7) is 0. The van der Waals surface area contributed by atoms with Crippen molar-refractivity contribution in [1.82, 2.24) is 10.1 Å². The molecular formula is C16H19N2NaO14S2. The molecule has 2 heterocycles. The van der Waals surface area contributed by atoms with Crippen LogP contribution in [0.3, 0.4) is 0 Å². The van der Waals surface area contributed by atoms with Gasteiger partial charge in [-0.3, -0.25) is 23.7 Å². The maximum atomic E-state index is 11.8. The number of rotatable bonds is 11. The van der Waals surface area contributed by atoms with Crippen molar-refractivity contribution in [2.45, 2.75) is 61.9 Å². The smallest absolute Gasteiger partial charge is 0.747 e. The van der Waals surface area contributed by atoms with Crippen LogP contribution in [-0.2, 0) is 58.7 Å². The summed E-state index contributed by atoms with van der Waals surface area (Å²) in [6, 6.07) is 0. The summed E-state index contributed by atoms with van der Waals surface area (Å²) in [5.41, 5.74) is 0. The fraction of sp³-hybridized carbons (Fsp3) is 0.625. The van der Waals surface area contributed by atoms with Gasteiger partial charge in [-0.15, -0.1) is 10.1 Å². The molecule has 0 aliphatic carbocycles. The van der Waals surface area contributed by atoms with Crippen LogP contribution in [0.25, 0.3) is 0 Å². The van der Waals surface area contributed by atoms with Gasteiger partial charge in [0.25, 0.3) is 33.7 Å². The molecule has 0 aromatic carbocycles. The molecule has 19 heteroatoms. The molecule has 2 aliphatic rings. The average Bonchev–Trinajstić information content (AvgIpc) is 3.15. The zero-order valence-electron chi connectivity index (χ0n) is 18.3. The number of carbonyl (C=O) groups excluding carboxylic acids is 6. The number of amides is 4. The second-order valence-corrected chi connectivity index (χ2v) is 10.4. The van der Waals surface area contributed by atoms with E-state index in [0.717, 1.165) is 0 Å². The monoisotopic (exact) mass is 550 g/mol. The predicted molar refractivity (Wildman–Crippen MR) is 102 cm³/mol. The van der Waals surface area contributed by atoms with Crippen LogP contribution in [0, 0.1) is 0 Å². The molecule has 0 radical (unpaired) electrons. The molecule has 2 atom stereocenters. The first kappa shape index (κ1) is 31.1. The van der Waals surface area contributed by atoms with Crippen molar-refractivity contribution in [1.29, 1.82) is 0 Å². The van der Waals surface area contributed by atoms with Crippen molar-refractivity contribution in [3.05, 3.63) is 0 Å². The molecular weight excluding hydrogens is 531 g/mol. The van der Waals surface area contributed by atoms with E-state index in [-0.39, 0.29) is 65.4 Å². The molecule has 2 fully saturated rings. The number of imide groups is 2. The van der Waals surface area contributed by atoms with Crippen molar-refractivity contribution in [3.8, 4) is 0 Å². The summed E-state index contributed by atoms with van der Waals surface area (Å²) in [5.74, 6) is -7.10. The van der Waals surface area contributed by atoms with Gasteiger partial charge < -0.3 is 14.2 Å². The van der Waals surface area contributed by atoms with E-state index in [4.69, 9.17) is 4.55 Å². The van der Waals surface area contributed by atoms with E-state index in [9.17, 15) is 50.2 Å². The van der Waals surface area contributed by atoms with E-state index in [0.29, 0.717) is 12.8 Å². The zero-order valence-corrected chi connectivity index (χ0v) is 21.9. The maximum absolute atomic E-state index is 11.8. The molecule has 190 valence electrons. The van der Waals surface area contributed by atoms with Gasteiger partial charge in [0.05, 0.1) is 12.8 Å². The third kappa shape index (κ3) is 8.29. The Kier molecular flexibility index (Phi) is 10.9. The van der Waals surface area contributed by atoms with Crippen LogP contribution in [-0.4, -0.2) is 82.1 Å². The molecule has 1 N–H and O–H groups in total. The van der Waals surface area contributed by atoms with E-state index in [1.807, 2.05) is 0 Å². The minimum Gasteiger partial charge on any atom is -0.747 e. The largest absolute Gasteiger partial charge is 1.00 e. The van der Waals surface area contributed by atoms with Crippen molar-refractivity contribution in [3.63, 3.8) is 0 Å². The Morgan fingerprint density at radius 1 is 0.800 bits per heavy atom. The topological polar surface area (TPSA) is 239 Å². The second-order valence-electron chi connectivity index (χ2n) is 7.29. The summed E-state index contributed by atoms with van der Waals surface area (Å²) in [6.07, 6.45) is -1.22. The van der Waals surface area contributed by atoms with Crippen molar-refractivity contribution < 1.29 is 93.9 Å². The molecule has 35 heavy (non-hydrogen) atoms. The number of hydroxylamine groups is 4. The SMILES string of the molecule is O=C(CCCCCCC(=O)ON1C(=O)CC(S(=O)(=O)O)C1=O)ON1C(=O)CC(S(=O)(=O)[O-])C1=O.[Na+]. The van der Waals surface area contributed by atoms with Crippen LogP contribution >= 0.6 is 0 Å². The Hall–Kier alpha value is -1.96. The molecule has 4 amide bonds. The molecule has 2 rings (SSSR count). The summed E-state index contributed by atoms with van der Waals surface area (Å²) in [5, 5.41) is -4.24. The Morgan fingerprint density at radius 3 is 1.49 bits per heavy atom. The minimum absolute atomic E-state index is 0. The van der Waals surface area contributed by atoms with Crippen molar-refractivity contribution in [2.75, 3.05) is 0 Å². The Morgan fingerprint density at radius 2 is 1.17 bits per heavy atom. The molecule has 2 unspecified atom stereocenters. The quantitative estimate of drug-likeness (QED) is 0.110. The van der Waals surface area contributed by atoms with E-state index in [1.54, 1.807) is 0 Å². The summed E-state index contributed by atoms with van der Waals surface area (Å²) in [7, 11) is -9.91. The molecule has 0 bridgehead atoms. The minimum atomic E-state index is -5.08. The van der Waals surface area contributed by atoms with Gasteiger partial charge in [-0.25, -0.2) is 18.0 Å². The fourth-order valence-corrected chi connectivity index (χ4v) is 4.40. The van der Waals surface area contributed by atoms with Crippen LogP contribution in [0.1, 0.15) is 51.4 Å². The van der Waals surface area contributed by atoms with Crippen molar-refractivity contribution >= 4 is 55.8 Å². The van der Waals surface area contributed by atoms with Crippen molar-refractivity contribution in [2.24, 2.45) is 0 Å². The molecule has 2 aliphatic heterocycles. The normalized spacial score (nSPS) is 20.7. The number of carbonyl (C=O) groups is 6. The Bertz CT molecular complexity index is 1030. The van der Waals surface area contributed by atoms with E-state index >= 15 is 0 Å². The molecule has 16 nitrogen and oxygen atoms in total. The summed E-state index contributed by atoms with van der Waals surface area (Å²) in [4.78, 5) is 79.2. The van der Waals surface area contributed by atoms with Gasteiger partial charge in [0.15, 0.2) is 5.25 Å². The van der Waals surface area contributed by atoms with Crippen LogP contribution in [0.15, 0.2) is 0 Å². The third-order valence-corrected chi connectivity index (χ3v) is 6.88. The van der Waals surface area contributed by atoms with Gasteiger partial charge in [0, 0.05) is 12.8 Å². The van der Waals surface area contributed by atoms with Crippen LogP contribution in [0.5, 0.6) is 0 Å². The zero-order chi connectivity index (χ0) is 25.8. The van der Waals surface area contributed by atoms with Gasteiger partial charge >= 0.3 is 41.5 Å². The number of hydrogen-bond donors (Lipinski definition) is 1. The molecule has 0 aromatic rings. The van der Waals surface area contributed by atoms with E-state index in [1.165, 1.54) is 0 Å². The fourth-order valence-electron chi connectivity index (χ4n) is 3.00. The standard InChI is InChI=1S/C16H20N2O14S2.Na/c19-11-7-9(33(25,26)27)15(23)17(11)31-13(21)5-3-1-2-4-6-14(22)32-18-12(20)8-10(16(18)24)34(28,29)30;/h9-10H,1-8H2,(H,25,26,27)(H,28,29,30);/q;+1/p-1. The Labute approximate surface area is 220 Å². The Balaban J connectivity index is 0.00000612. The summed E-state index contributed by atoms with van der Waals surface area (Å²) < 4.78 is 63.7. The van der Waals surface area contributed by atoms with Crippen LogP contribution in [0.4, 0.5) is 0 Å². The van der Waals surface area contributed by atoms with E-state index in [2.05, 4.69) is 9.68 Å². The van der Waals surface area contributed by atoms with Crippen LogP contribution < -0.4 is 29.6 Å². The molecule has 2 saturated heterocycles. The van der Waals surface area contributed by atoms with Gasteiger partial charge in [0.2, 0.25) is 0 Å². The first-order valence-corrected chi connectivity index (χ1v) is 12.7. The van der Waals surface area contributed by atoms with Gasteiger partial charge in [-0.1, -0.05) is 12.8 Å². The molecule has 0 saturated carbocycles. The maximum Gasteiger partial charge on any atom is 1.00 e. The second kappa shape index (κ2) is 12.3. The first-order chi connectivity index (χ1) is 15.6. The van der Waals surface area contributed by atoms with Gasteiger partial charge in [0.1, 0.15) is 15.4 Å². The molecule has 0 aromatic heterocycles. The van der Waals surface area contributed by atoms with Crippen LogP contribution in [0.2, 0.25) is 0 Å². The number of unbranched alkanes of at least 4 members (excludes halogenated alkanes) is 3. The summed E-state index contributed by atoms with van der Waals surface area (Å²) >= 11 is 0. The average molecular weight is 550 g/mol. The van der Waals surface area contributed by atoms with Gasteiger partial charge in [-0.2, -0.15) is 8.42 Å². The van der Waals surface area contributed by atoms with E-state index < -0.39 is 79.1 Å². The predicted octanol–water partition coefficient (Wildman–Crippen LogP) is -5.06. The number of nitrogens with zero attached hydrogens (tertiary/aromatic N) is 2.